The Balaban J connectivity index is 2.24. The summed E-state index contributed by atoms with van der Waals surface area (Å²) >= 11 is 0. The summed E-state index contributed by atoms with van der Waals surface area (Å²) in [6.45, 7) is 8.30. The normalized spacial score (nSPS) is 15.3. The lowest BCUT2D eigenvalue weighted by Gasteiger charge is -2.21. The molecule has 3 aromatic rings. The third-order valence-corrected chi connectivity index (χ3v) is 8.24. The van der Waals surface area contributed by atoms with E-state index in [1.165, 1.54) is 22.0 Å². The van der Waals surface area contributed by atoms with E-state index in [9.17, 15) is 0 Å². The Kier molecular flexibility index (Phi) is 2.31. The second-order valence-electron chi connectivity index (χ2n) is 6.16. The molecule has 0 bridgehead atoms. The van der Waals surface area contributed by atoms with Crippen LogP contribution in [0.25, 0.3) is 22.0 Å². The van der Waals surface area contributed by atoms with Crippen LogP contribution in [0.1, 0.15) is 6.92 Å². The molecule has 0 saturated heterocycles. The Morgan fingerprint density at radius 1 is 0.950 bits per heavy atom. The van der Waals surface area contributed by atoms with Crippen LogP contribution in [0.3, 0.4) is 0 Å². The molecule has 2 aromatic carbocycles. The van der Waals surface area contributed by atoms with E-state index in [4.69, 9.17) is 0 Å². The minimum atomic E-state index is -1.57. The summed E-state index contributed by atoms with van der Waals surface area (Å²) < 4.78 is 2.55. The third-order valence-electron chi connectivity index (χ3n) is 4.75. The summed E-state index contributed by atoms with van der Waals surface area (Å²) in [7, 11) is -1.57. The van der Waals surface area contributed by atoms with Gasteiger partial charge in [0, 0.05) is 28.3 Å². The molecule has 0 aliphatic carbocycles. The molecule has 2 heteroatoms. The molecule has 0 radical (unpaired) electrons. The first-order valence-corrected chi connectivity index (χ1v) is 10.4. The second kappa shape index (κ2) is 3.86. The maximum Gasteiger partial charge on any atom is 0.134 e. The van der Waals surface area contributed by atoms with Gasteiger partial charge in [-0.3, -0.25) is 0 Å². The monoisotopic (exact) mass is 277 g/mol. The lowest BCUT2D eigenvalue weighted by atomic mass is 10.1. The van der Waals surface area contributed by atoms with Gasteiger partial charge < -0.3 is 4.57 Å². The zero-order valence-corrected chi connectivity index (χ0v) is 13.3. The number of benzene rings is 2. The summed E-state index contributed by atoms with van der Waals surface area (Å²) in [5, 5.41) is 4.63. The molecule has 0 spiro atoms. The van der Waals surface area contributed by atoms with Crippen LogP contribution < -0.4 is 10.5 Å². The van der Waals surface area contributed by atoms with Gasteiger partial charge in [0.25, 0.3) is 0 Å². The fraction of sp³-hybridized carbons (Fsp3) is 0.222. The number of hydrogen-bond acceptors (Lipinski definition) is 0. The molecular weight excluding hydrogens is 258 g/mol. The molecule has 0 saturated carbocycles. The van der Waals surface area contributed by atoms with Crippen molar-refractivity contribution in [3.63, 3.8) is 0 Å². The molecule has 1 aliphatic rings. The molecule has 0 unspecified atom stereocenters. The van der Waals surface area contributed by atoms with Crippen molar-refractivity contribution in [3.05, 3.63) is 48.5 Å². The van der Waals surface area contributed by atoms with E-state index in [1.807, 2.05) is 0 Å². The van der Waals surface area contributed by atoms with Gasteiger partial charge in [0.15, 0.2) is 0 Å². The van der Waals surface area contributed by atoms with Crippen LogP contribution in [0, 0.1) is 0 Å². The Labute approximate surface area is 120 Å². The van der Waals surface area contributed by atoms with E-state index < -0.39 is 8.07 Å². The molecule has 2 heterocycles. The fourth-order valence-electron chi connectivity index (χ4n) is 3.93. The van der Waals surface area contributed by atoms with Gasteiger partial charge in [-0.05, 0) is 23.7 Å². The van der Waals surface area contributed by atoms with E-state index in [2.05, 4.69) is 73.1 Å². The van der Waals surface area contributed by atoms with E-state index >= 15 is 0 Å². The van der Waals surface area contributed by atoms with Gasteiger partial charge >= 0.3 is 0 Å². The van der Waals surface area contributed by atoms with E-state index in [1.54, 1.807) is 10.5 Å². The maximum atomic E-state index is 2.55. The fourth-order valence-corrected chi connectivity index (χ4v) is 7.43. The average Bonchev–Trinajstić information content (AvgIpc) is 2.92. The minimum absolute atomic E-state index is 1.06. The maximum absolute atomic E-state index is 2.55. The van der Waals surface area contributed by atoms with Crippen LogP contribution in [-0.4, -0.2) is 12.6 Å². The van der Waals surface area contributed by atoms with Gasteiger partial charge in [0.1, 0.15) is 8.07 Å². The number of hydrogen-bond donors (Lipinski definition) is 0. The third kappa shape index (κ3) is 1.27. The predicted molar refractivity (Wildman–Crippen MR) is 89.8 cm³/mol. The predicted octanol–water partition coefficient (Wildman–Crippen LogP) is 3.46. The van der Waals surface area contributed by atoms with Crippen molar-refractivity contribution in [2.45, 2.75) is 26.6 Å². The van der Waals surface area contributed by atoms with Crippen molar-refractivity contribution in [3.8, 4) is 11.1 Å². The van der Waals surface area contributed by atoms with Crippen LogP contribution in [0.2, 0.25) is 13.1 Å². The first-order valence-electron chi connectivity index (χ1n) is 7.38. The molecule has 1 aliphatic heterocycles. The molecule has 1 aromatic heterocycles. The molecular formula is C18H19NSi. The molecule has 0 amide bonds. The zero-order chi connectivity index (χ0) is 13.9. The summed E-state index contributed by atoms with van der Waals surface area (Å²) in [4.78, 5) is 0. The standard InChI is InChI=1S/C18H19NSi/c1-4-19-15-11-7-5-9-13(15)17-14-10-6-8-12-16(14)20(2,3)18(17)19/h5-12H,4H2,1-3H3. The lowest BCUT2D eigenvalue weighted by Crippen LogP contribution is -2.52. The van der Waals surface area contributed by atoms with E-state index in [0.29, 0.717) is 0 Å². The summed E-state index contributed by atoms with van der Waals surface area (Å²) in [6, 6.07) is 17.9. The summed E-state index contributed by atoms with van der Waals surface area (Å²) in [5.74, 6) is 0. The van der Waals surface area contributed by atoms with Gasteiger partial charge in [0.2, 0.25) is 0 Å². The number of aryl methyl sites for hydroxylation is 1. The Hall–Kier alpha value is -1.80. The Morgan fingerprint density at radius 3 is 2.45 bits per heavy atom. The molecule has 20 heavy (non-hydrogen) atoms. The second-order valence-corrected chi connectivity index (χ2v) is 10.4. The number of rotatable bonds is 1. The van der Waals surface area contributed by atoms with Crippen molar-refractivity contribution in [2.75, 3.05) is 0 Å². The summed E-state index contributed by atoms with van der Waals surface area (Å²) in [5.41, 5.74) is 4.38. The Bertz CT molecular complexity index is 827. The van der Waals surface area contributed by atoms with Crippen LogP contribution in [-0.2, 0) is 6.54 Å². The van der Waals surface area contributed by atoms with Crippen molar-refractivity contribution in [1.82, 2.24) is 4.57 Å². The topological polar surface area (TPSA) is 4.93 Å². The zero-order valence-electron chi connectivity index (χ0n) is 12.3. The number of aromatic nitrogens is 1. The highest BCUT2D eigenvalue weighted by Gasteiger charge is 2.41. The molecule has 4 rings (SSSR count). The number of fused-ring (bicyclic) bond motifs is 5. The first-order chi connectivity index (χ1) is 9.66. The minimum Gasteiger partial charge on any atom is -0.348 e. The molecule has 0 N–H and O–H groups in total. The number of para-hydroxylation sites is 1. The van der Waals surface area contributed by atoms with Gasteiger partial charge in [0.05, 0.1) is 0 Å². The lowest BCUT2D eigenvalue weighted by molar-refractivity contribution is 0.817. The van der Waals surface area contributed by atoms with E-state index in [0.717, 1.165) is 6.54 Å². The van der Waals surface area contributed by atoms with Crippen LogP contribution >= 0.6 is 0 Å². The number of nitrogens with zero attached hydrogens (tertiary/aromatic N) is 1. The van der Waals surface area contributed by atoms with Gasteiger partial charge in [-0.1, -0.05) is 55.6 Å². The summed E-state index contributed by atoms with van der Waals surface area (Å²) in [6.07, 6.45) is 0. The highest BCUT2D eigenvalue weighted by molar-refractivity contribution is 7.03. The van der Waals surface area contributed by atoms with Gasteiger partial charge in [-0.25, -0.2) is 0 Å². The van der Waals surface area contributed by atoms with E-state index in [-0.39, 0.29) is 0 Å². The molecule has 100 valence electrons. The highest BCUT2D eigenvalue weighted by atomic mass is 28.3. The van der Waals surface area contributed by atoms with Crippen molar-refractivity contribution in [2.24, 2.45) is 0 Å². The molecule has 0 fully saturated rings. The van der Waals surface area contributed by atoms with Crippen molar-refractivity contribution < 1.29 is 0 Å². The highest BCUT2D eigenvalue weighted by Crippen LogP contribution is 2.35. The quantitative estimate of drug-likeness (QED) is 0.600. The van der Waals surface area contributed by atoms with Gasteiger partial charge in [-0.2, -0.15) is 0 Å². The Morgan fingerprint density at radius 2 is 1.65 bits per heavy atom. The van der Waals surface area contributed by atoms with Crippen molar-refractivity contribution in [1.29, 1.82) is 0 Å². The smallest absolute Gasteiger partial charge is 0.134 e. The first kappa shape index (κ1) is 12.0. The molecule has 0 atom stereocenters. The average molecular weight is 277 g/mol. The SMILES string of the molecule is CCn1c2c(c3ccccc31)-c1ccccc1[Si]2(C)C. The van der Waals surface area contributed by atoms with Crippen LogP contribution in [0.15, 0.2) is 48.5 Å². The largest absolute Gasteiger partial charge is 0.348 e. The van der Waals surface area contributed by atoms with Crippen molar-refractivity contribution >= 4 is 29.5 Å². The molecule has 1 nitrogen and oxygen atoms in total. The van der Waals surface area contributed by atoms with Crippen LogP contribution in [0.4, 0.5) is 0 Å². The van der Waals surface area contributed by atoms with Gasteiger partial charge in [-0.15, -0.1) is 0 Å². The van der Waals surface area contributed by atoms with Crippen LogP contribution in [0.5, 0.6) is 0 Å².